The minimum atomic E-state index is -4.87. The lowest BCUT2D eigenvalue weighted by Crippen LogP contribution is -2.47. The summed E-state index contributed by atoms with van der Waals surface area (Å²) < 4.78 is 58.9. The second-order valence-corrected chi connectivity index (χ2v) is 10.2. The Bertz CT molecular complexity index is 1460. The predicted octanol–water partition coefficient (Wildman–Crippen LogP) is 3.27. The molecule has 3 aromatic rings. The van der Waals surface area contributed by atoms with Crippen molar-refractivity contribution in [2.75, 3.05) is 11.9 Å². The molecule has 3 aromatic heterocycles. The van der Waals surface area contributed by atoms with Crippen LogP contribution in [0.4, 0.5) is 29.1 Å². The molecule has 9 nitrogen and oxygen atoms in total. The molecule has 1 fully saturated rings. The van der Waals surface area contributed by atoms with Crippen LogP contribution in [0.5, 0.6) is 5.88 Å². The smallest absolute Gasteiger partial charge is 0.415 e. The Balaban J connectivity index is 1.49. The lowest BCUT2D eigenvalue weighted by Gasteiger charge is -2.36. The van der Waals surface area contributed by atoms with Gasteiger partial charge in [0.15, 0.2) is 23.7 Å². The van der Waals surface area contributed by atoms with Gasteiger partial charge in [-0.3, -0.25) is 4.99 Å². The van der Waals surface area contributed by atoms with E-state index < -0.39 is 34.4 Å². The number of pyridine rings is 2. The molecule has 1 aliphatic heterocycles. The van der Waals surface area contributed by atoms with Gasteiger partial charge in [-0.25, -0.2) is 19.9 Å². The third-order valence-corrected chi connectivity index (χ3v) is 7.78. The third kappa shape index (κ3) is 4.27. The number of aliphatic imine (C=N–C) groups is 1. The monoisotopic (exact) mass is 533 g/mol. The number of aliphatic hydroxyl groups excluding tert-OH is 1. The van der Waals surface area contributed by atoms with Crippen molar-refractivity contribution in [2.24, 2.45) is 16.6 Å². The molecule has 4 atom stereocenters. The van der Waals surface area contributed by atoms with Gasteiger partial charge in [-0.15, -0.1) is 6.42 Å². The number of terminal acetylenes is 1. The number of aliphatic hydroxyl groups is 1. The van der Waals surface area contributed by atoms with Gasteiger partial charge in [0, 0.05) is 17.7 Å². The lowest BCUT2D eigenvalue weighted by molar-refractivity contribution is -0.207. The fourth-order valence-corrected chi connectivity index (χ4v) is 6.16. The summed E-state index contributed by atoms with van der Waals surface area (Å²) in [4.78, 5) is 21.0. The minimum Gasteiger partial charge on any atom is -0.463 e. The number of hydrogen-bond donors (Lipinski definition) is 3. The van der Waals surface area contributed by atoms with Crippen LogP contribution in [-0.2, 0) is 5.54 Å². The van der Waals surface area contributed by atoms with Crippen LogP contribution in [-0.4, -0.2) is 53.8 Å². The van der Waals surface area contributed by atoms with E-state index in [1.54, 1.807) is 6.07 Å². The second-order valence-electron chi connectivity index (χ2n) is 8.77. The van der Waals surface area contributed by atoms with Gasteiger partial charge < -0.3 is 20.9 Å². The van der Waals surface area contributed by atoms with E-state index in [1.807, 2.05) is 0 Å². The fraction of sp³-hybridized carbons (Fsp3) is 0.348. The lowest BCUT2D eigenvalue weighted by atomic mass is 9.86. The summed E-state index contributed by atoms with van der Waals surface area (Å²) >= 11 is 0.668. The predicted molar refractivity (Wildman–Crippen MR) is 129 cm³/mol. The number of ether oxygens (including phenoxy) is 1. The van der Waals surface area contributed by atoms with Crippen LogP contribution in [0, 0.1) is 24.2 Å². The van der Waals surface area contributed by atoms with E-state index in [-0.39, 0.29) is 41.1 Å². The second kappa shape index (κ2) is 8.70. The van der Waals surface area contributed by atoms with E-state index in [4.69, 9.17) is 16.9 Å². The zero-order chi connectivity index (χ0) is 26.6. The molecular weight excluding hydrogens is 514 g/mol. The van der Waals surface area contributed by atoms with Gasteiger partial charge >= 0.3 is 6.18 Å². The average Bonchev–Trinajstić information content (AvgIpc) is 3.59. The highest BCUT2D eigenvalue weighted by molar-refractivity contribution is 8.15. The molecule has 4 heterocycles. The Morgan fingerprint density at radius 1 is 1.35 bits per heavy atom. The molecule has 0 saturated heterocycles. The highest BCUT2D eigenvalue weighted by Crippen LogP contribution is 2.68. The van der Waals surface area contributed by atoms with Crippen molar-refractivity contribution in [3.05, 3.63) is 42.2 Å². The molecule has 0 aromatic carbocycles. The number of halogens is 4. The maximum Gasteiger partial charge on any atom is 0.415 e. The summed E-state index contributed by atoms with van der Waals surface area (Å²) in [5.74, 6) is 1.08. The van der Waals surface area contributed by atoms with E-state index in [0.29, 0.717) is 22.8 Å². The molecule has 0 radical (unpaired) electrons. The van der Waals surface area contributed by atoms with Crippen LogP contribution in [0.3, 0.4) is 0 Å². The molecule has 5 rings (SSSR count). The molecule has 0 unspecified atom stereocenters. The number of nitrogens with two attached hydrogens (primary N) is 1. The van der Waals surface area contributed by atoms with E-state index in [9.17, 15) is 18.3 Å². The van der Waals surface area contributed by atoms with Gasteiger partial charge in [-0.1, -0.05) is 17.7 Å². The molecule has 0 spiro atoms. The Kier molecular flexibility index (Phi) is 5.87. The molecule has 37 heavy (non-hydrogen) atoms. The van der Waals surface area contributed by atoms with Crippen molar-refractivity contribution in [3.63, 3.8) is 0 Å². The Morgan fingerprint density at radius 3 is 2.86 bits per heavy atom. The van der Waals surface area contributed by atoms with Gasteiger partial charge in [-0.05, 0) is 25.5 Å². The fourth-order valence-electron chi connectivity index (χ4n) is 4.67. The number of hydrogen-bond acceptors (Lipinski definition) is 10. The summed E-state index contributed by atoms with van der Waals surface area (Å²) in [6.45, 7) is 1.51. The Morgan fingerprint density at radius 2 is 2.14 bits per heavy atom. The summed E-state index contributed by atoms with van der Waals surface area (Å²) in [7, 11) is 0. The van der Waals surface area contributed by atoms with Crippen LogP contribution in [0.1, 0.15) is 18.9 Å². The molecule has 0 amide bonds. The maximum atomic E-state index is 15.0. The normalized spacial score (nSPS) is 25.5. The number of fused-ring (bicyclic) bond motifs is 2. The van der Waals surface area contributed by atoms with E-state index in [2.05, 4.69) is 36.2 Å². The van der Waals surface area contributed by atoms with Crippen molar-refractivity contribution in [3.8, 4) is 18.2 Å². The zero-order valence-electron chi connectivity index (χ0n) is 19.1. The first-order valence-electron chi connectivity index (χ1n) is 10.9. The summed E-state index contributed by atoms with van der Waals surface area (Å²) in [6.07, 6.45) is 1.68. The van der Waals surface area contributed by atoms with Gasteiger partial charge in [0.2, 0.25) is 11.8 Å². The number of anilines is 2. The van der Waals surface area contributed by atoms with Crippen LogP contribution >= 0.6 is 11.8 Å². The quantitative estimate of drug-likeness (QED) is 0.248. The number of nitrogens with one attached hydrogen (secondary N) is 1. The molecule has 0 bridgehead atoms. The molecule has 4 N–H and O–H groups in total. The first-order chi connectivity index (χ1) is 17.5. The van der Waals surface area contributed by atoms with Crippen LogP contribution in [0.25, 0.3) is 11.0 Å². The van der Waals surface area contributed by atoms with Gasteiger partial charge in [0.05, 0.1) is 33.9 Å². The van der Waals surface area contributed by atoms with Crippen molar-refractivity contribution >= 4 is 39.5 Å². The molecule has 14 heteroatoms. The molecule has 2 aliphatic rings. The third-order valence-electron chi connectivity index (χ3n) is 6.43. The number of thioether (sulfide) groups is 1. The largest absolute Gasteiger partial charge is 0.463 e. The minimum absolute atomic E-state index is 0.0208. The van der Waals surface area contributed by atoms with Crippen molar-refractivity contribution < 1.29 is 27.4 Å². The van der Waals surface area contributed by atoms with Crippen LogP contribution < -0.4 is 15.8 Å². The van der Waals surface area contributed by atoms with E-state index in [0.717, 1.165) is 0 Å². The Hall–Kier alpha value is -3.70. The Labute approximate surface area is 212 Å². The number of alkyl halides is 3. The average molecular weight is 534 g/mol. The van der Waals surface area contributed by atoms with Gasteiger partial charge in [0.25, 0.3) is 0 Å². The highest BCUT2D eigenvalue weighted by atomic mass is 32.2. The van der Waals surface area contributed by atoms with Gasteiger partial charge in [0.1, 0.15) is 5.52 Å². The summed E-state index contributed by atoms with van der Waals surface area (Å²) in [5.41, 5.74) is 5.41. The summed E-state index contributed by atoms with van der Waals surface area (Å²) in [6, 6.07) is 3.00. The SMILES string of the molecule is C#CCOc1cnc2c(Nc3cnc(F)c([C@@]4(C)N=C(N)S[C@@]5([C@@H](O)C(F)(F)F)C[C@H]54)c3)nccc2n1. The topological polar surface area (TPSA) is 131 Å². The first kappa shape index (κ1) is 25.0. The molecular formula is C23H19F4N7O2S. The standard InChI is InChI=1S/C23H19F4N7O2S/c1-3-6-36-15-10-30-16-13(33-15)4-5-29-18(16)32-11-7-12(17(24)31-9-11)21(2)14-8-22(14,37-20(28)34-21)19(35)23(25,26)27/h1,4-5,7,9-10,14,19,35H,6,8H2,2H3,(H2,28,34)(H,29,32)/t14-,19+,21+,22-/m0/s1. The number of rotatable bonds is 6. The molecule has 192 valence electrons. The van der Waals surface area contributed by atoms with Crippen molar-refractivity contribution in [1.82, 2.24) is 19.9 Å². The van der Waals surface area contributed by atoms with Crippen molar-refractivity contribution in [1.29, 1.82) is 0 Å². The highest BCUT2D eigenvalue weighted by Gasteiger charge is 2.74. The zero-order valence-corrected chi connectivity index (χ0v) is 19.9. The van der Waals surface area contributed by atoms with E-state index in [1.165, 1.54) is 31.6 Å². The van der Waals surface area contributed by atoms with Crippen LogP contribution in [0.2, 0.25) is 0 Å². The summed E-state index contributed by atoms with van der Waals surface area (Å²) in [5, 5.41) is 12.9. The van der Waals surface area contributed by atoms with Gasteiger partial charge in [-0.2, -0.15) is 17.6 Å². The van der Waals surface area contributed by atoms with Crippen LogP contribution in [0.15, 0.2) is 35.7 Å². The molecule has 1 aliphatic carbocycles. The first-order valence-corrected chi connectivity index (χ1v) is 11.7. The molecule has 1 saturated carbocycles. The van der Waals surface area contributed by atoms with Crippen molar-refractivity contribution in [2.45, 2.75) is 35.9 Å². The number of amidine groups is 1. The number of nitrogens with zero attached hydrogens (tertiary/aromatic N) is 5. The number of aromatic nitrogens is 4. The van der Waals surface area contributed by atoms with E-state index >= 15 is 4.39 Å². The maximum absolute atomic E-state index is 15.0.